The van der Waals surface area contributed by atoms with Crippen LogP contribution in [0.25, 0.3) is 0 Å². The third-order valence-corrected chi connectivity index (χ3v) is 5.61. The van der Waals surface area contributed by atoms with Gasteiger partial charge in [0.25, 0.3) is 5.91 Å². The Labute approximate surface area is 153 Å². The second kappa shape index (κ2) is 7.09. The maximum absolute atomic E-state index is 12.6. The van der Waals surface area contributed by atoms with Crippen LogP contribution in [0.3, 0.4) is 0 Å². The summed E-state index contributed by atoms with van der Waals surface area (Å²) >= 11 is 0. The van der Waals surface area contributed by atoms with Gasteiger partial charge in [0.2, 0.25) is 0 Å². The molecule has 1 amide bonds. The van der Waals surface area contributed by atoms with E-state index in [0.717, 1.165) is 25.8 Å². The zero-order valence-electron chi connectivity index (χ0n) is 15.1. The largest absolute Gasteiger partial charge is 0.495 e. The van der Waals surface area contributed by atoms with Crippen LogP contribution < -0.4 is 10.1 Å². The number of amides is 1. The van der Waals surface area contributed by atoms with E-state index in [4.69, 9.17) is 4.74 Å². The number of nitrogens with one attached hydrogen (secondary N) is 1. The summed E-state index contributed by atoms with van der Waals surface area (Å²) in [6, 6.07) is 10.3. The topological polar surface area (TPSA) is 75.7 Å². The number of benzene rings is 2. The molecule has 3 rings (SSSR count). The van der Waals surface area contributed by atoms with Crippen molar-refractivity contribution < 1.29 is 17.9 Å². The number of hydrogen-bond acceptors (Lipinski definition) is 5. The lowest BCUT2D eigenvalue weighted by Gasteiger charge is -2.25. The average molecular weight is 374 g/mol. The maximum atomic E-state index is 12.6. The van der Waals surface area contributed by atoms with Gasteiger partial charge in [-0.2, -0.15) is 0 Å². The molecule has 0 atom stereocenters. The van der Waals surface area contributed by atoms with Gasteiger partial charge in [-0.1, -0.05) is 6.07 Å². The number of rotatable bonds is 4. The first-order chi connectivity index (χ1) is 12.3. The first kappa shape index (κ1) is 18.4. The highest BCUT2D eigenvalue weighted by Gasteiger charge is 2.18. The number of nitrogens with zero attached hydrogens (tertiary/aromatic N) is 1. The maximum Gasteiger partial charge on any atom is 0.255 e. The molecule has 0 aliphatic carbocycles. The molecule has 1 aliphatic heterocycles. The highest BCUT2D eigenvalue weighted by molar-refractivity contribution is 7.90. The van der Waals surface area contributed by atoms with E-state index in [2.05, 4.69) is 17.3 Å². The molecule has 1 heterocycles. The van der Waals surface area contributed by atoms with Crippen molar-refractivity contribution in [3.63, 3.8) is 0 Å². The van der Waals surface area contributed by atoms with Gasteiger partial charge in [0.05, 0.1) is 7.11 Å². The highest BCUT2D eigenvalue weighted by atomic mass is 32.2. The molecular formula is C19H22N2O4S. The SMILES string of the molecule is COc1ccc(C(=O)Nc2ccc3c(c2)CN(C)CC3)cc1S(C)(=O)=O. The number of hydrogen-bond donors (Lipinski definition) is 1. The van der Waals surface area contributed by atoms with E-state index >= 15 is 0 Å². The molecule has 138 valence electrons. The van der Waals surface area contributed by atoms with E-state index in [1.807, 2.05) is 18.2 Å². The van der Waals surface area contributed by atoms with Gasteiger partial charge < -0.3 is 15.0 Å². The summed E-state index contributed by atoms with van der Waals surface area (Å²) in [7, 11) is -0.0387. The molecule has 1 aliphatic rings. The quantitative estimate of drug-likeness (QED) is 0.889. The fraction of sp³-hybridized carbons (Fsp3) is 0.316. The van der Waals surface area contributed by atoms with Crippen LogP contribution >= 0.6 is 0 Å². The van der Waals surface area contributed by atoms with E-state index in [0.29, 0.717) is 5.69 Å². The van der Waals surface area contributed by atoms with Gasteiger partial charge in [0, 0.05) is 30.6 Å². The molecule has 0 radical (unpaired) electrons. The number of carbonyl (C=O) groups is 1. The molecule has 2 aromatic carbocycles. The molecule has 0 saturated heterocycles. The van der Waals surface area contributed by atoms with Gasteiger partial charge >= 0.3 is 0 Å². The van der Waals surface area contributed by atoms with Crippen LogP contribution in [0.1, 0.15) is 21.5 Å². The first-order valence-corrected chi connectivity index (χ1v) is 10.2. The molecule has 0 saturated carbocycles. The van der Waals surface area contributed by atoms with Crippen molar-refractivity contribution in [3.8, 4) is 5.75 Å². The van der Waals surface area contributed by atoms with Crippen molar-refractivity contribution in [2.45, 2.75) is 17.9 Å². The van der Waals surface area contributed by atoms with Crippen LogP contribution in [0.15, 0.2) is 41.3 Å². The number of carbonyl (C=O) groups excluding carboxylic acids is 1. The Kier molecular flexibility index (Phi) is 5.02. The van der Waals surface area contributed by atoms with Gasteiger partial charge in [-0.15, -0.1) is 0 Å². The van der Waals surface area contributed by atoms with Crippen molar-refractivity contribution in [2.75, 3.05) is 32.3 Å². The number of anilines is 1. The Morgan fingerprint density at radius 2 is 1.92 bits per heavy atom. The number of ether oxygens (including phenoxy) is 1. The van der Waals surface area contributed by atoms with Gasteiger partial charge in [0.1, 0.15) is 10.6 Å². The fourth-order valence-electron chi connectivity index (χ4n) is 3.09. The Balaban J connectivity index is 1.86. The molecule has 7 heteroatoms. The van der Waals surface area contributed by atoms with E-state index in [1.54, 1.807) is 6.07 Å². The van der Waals surface area contributed by atoms with Crippen molar-refractivity contribution in [1.82, 2.24) is 4.90 Å². The van der Waals surface area contributed by atoms with Crippen LogP contribution in [0.4, 0.5) is 5.69 Å². The Morgan fingerprint density at radius 3 is 2.62 bits per heavy atom. The zero-order chi connectivity index (χ0) is 18.9. The third-order valence-electron chi connectivity index (χ3n) is 4.49. The van der Waals surface area contributed by atoms with Crippen LogP contribution in [0.5, 0.6) is 5.75 Å². The summed E-state index contributed by atoms with van der Waals surface area (Å²) in [6.45, 7) is 1.87. The lowest BCUT2D eigenvalue weighted by molar-refractivity contribution is 0.102. The van der Waals surface area contributed by atoms with Gasteiger partial charge in [-0.3, -0.25) is 4.79 Å². The molecule has 6 nitrogen and oxygen atoms in total. The number of methoxy groups -OCH3 is 1. The number of sulfone groups is 1. The van der Waals surface area contributed by atoms with Crippen molar-refractivity contribution in [3.05, 3.63) is 53.1 Å². The van der Waals surface area contributed by atoms with Gasteiger partial charge in [-0.05, 0) is 54.9 Å². The molecule has 1 N–H and O–H groups in total. The third kappa shape index (κ3) is 3.89. The van der Waals surface area contributed by atoms with E-state index in [1.165, 1.54) is 30.4 Å². The molecule has 0 spiro atoms. The number of fused-ring (bicyclic) bond motifs is 1. The second-order valence-electron chi connectivity index (χ2n) is 6.56. The lowest BCUT2D eigenvalue weighted by atomic mass is 9.99. The van der Waals surface area contributed by atoms with E-state index < -0.39 is 9.84 Å². The van der Waals surface area contributed by atoms with Crippen molar-refractivity contribution >= 4 is 21.4 Å². The molecular weight excluding hydrogens is 352 g/mol. The van der Waals surface area contributed by atoms with Crippen molar-refractivity contribution in [2.24, 2.45) is 0 Å². The first-order valence-electron chi connectivity index (χ1n) is 8.28. The van der Waals surface area contributed by atoms with E-state index in [-0.39, 0.29) is 22.1 Å². The predicted octanol–water partition coefficient (Wildman–Crippen LogP) is 2.34. The summed E-state index contributed by atoms with van der Waals surface area (Å²) in [5, 5.41) is 2.85. The van der Waals surface area contributed by atoms with Crippen molar-refractivity contribution in [1.29, 1.82) is 0 Å². The minimum Gasteiger partial charge on any atom is -0.495 e. The normalized spacial score (nSPS) is 14.6. The summed E-state index contributed by atoms with van der Waals surface area (Å²) < 4.78 is 28.9. The van der Waals surface area contributed by atoms with Crippen LogP contribution in [0, 0.1) is 0 Å². The predicted molar refractivity (Wildman–Crippen MR) is 101 cm³/mol. The molecule has 0 aromatic heterocycles. The molecule has 0 unspecified atom stereocenters. The average Bonchev–Trinajstić information content (AvgIpc) is 2.60. The fourth-order valence-corrected chi connectivity index (χ4v) is 3.94. The smallest absolute Gasteiger partial charge is 0.255 e. The second-order valence-corrected chi connectivity index (χ2v) is 8.55. The summed E-state index contributed by atoms with van der Waals surface area (Å²) in [6.07, 6.45) is 2.09. The number of likely N-dealkylation sites (N-methyl/N-ethyl adjacent to an activating group) is 1. The lowest BCUT2D eigenvalue weighted by Crippen LogP contribution is -2.26. The van der Waals surface area contributed by atoms with Crippen LogP contribution in [-0.4, -0.2) is 46.2 Å². The van der Waals surface area contributed by atoms with E-state index in [9.17, 15) is 13.2 Å². The Morgan fingerprint density at radius 1 is 1.15 bits per heavy atom. The Bertz CT molecular complexity index is 954. The molecule has 0 fully saturated rings. The monoisotopic (exact) mass is 374 g/mol. The standard InChI is InChI=1S/C19H22N2O4S/c1-21-9-8-13-4-6-16(10-15(13)12-21)20-19(22)14-5-7-17(25-2)18(11-14)26(3,23)24/h4-7,10-11H,8-9,12H2,1-3H3,(H,20,22). The van der Waals surface area contributed by atoms with Gasteiger partial charge in [-0.25, -0.2) is 8.42 Å². The zero-order valence-corrected chi connectivity index (χ0v) is 15.9. The van der Waals surface area contributed by atoms with Crippen LogP contribution in [-0.2, 0) is 22.8 Å². The molecule has 26 heavy (non-hydrogen) atoms. The minimum absolute atomic E-state index is 0.000263. The van der Waals surface area contributed by atoms with Crippen LogP contribution in [0.2, 0.25) is 0 Å². The summed E-state index contributed by atoms with van der Waals surface area (Å²) in [5.41, 5.74) is 3.45. The summed E-state index contributed by atoms with van der Waals surface area (Å²) in [4.78, 5) is 14.8. The Hall–Kier alpha value is -2.38. The highest BCUT2D eigenvalue weighted by Crippen LogP contribution is 2.26. The minimum atomic E-state index is -3.50. The molecule has 0 bridgehead atoms. The summed E-state index contributed by atoms with van der Waals surface area (Å²) in [5.74, 6) is -0.137. The molecule has 2 aromatic rings. The van der Waals surface area contributed by atoms with Gasteiger partial charge in [0.15, 0.2) is 9.84 Å².